The summed E-state index contributed by atoms with van der Waals surface area (Å²) in [5, 5.41) is 9.03. The Hall–Kier alpha value is -1.68. The molecule has 0 aliphatic carbocycles. The Bertz CT molecular complexity index is 640. The number of rotatable bonds is 4. The van der Waals surface area contributed by atoms with Gasteiger partial charge in [0.2, 0.25) is 0 Å². The lowest BCUT2D eigenvalue weighted by atomic mass is 9.96. The summed E-state index contributed by atoms with van der Waals surface area (Å²) in [6.45, 7) is 1.64. The molecule has 4 heteroatoms. The SMILES string of the molecule is CC(C(=O)O)c1cccc(Cc2cc(Br)ccc2F)c1. The van der Waals surface area contributed by atoms with E-state index in [1.165, 1.54) is 6.07 Å². The molecule has 2 aromatic carbocycles. The van der Waals surface area contributed by atoms with Crippen molar-refractivity contribution in [2.75, 3.05) is 0 Å². The average molecular weight is 337 g/mol. The van der Waals surface area contributed by atoms with Gasteiger partial charge in [-0.3, -0.25) is 4.79 Å². The van der Waals surface area contributed by atoms with Gasteiger partial charge in [-0.25, -0.2) is 4.39 Å². The van der Waals surface area contributed by atoms with E-state index in [9.17, 15) is 9.18 Å². The summed E-state index contributed by atoms with van der Waals surface area (Å²) in [5.41, 5.74) is 2.21. The largest absolute Gasteiger partial charge is 0.481 e. The second-order valence-corrected chi connectivity index (χ2v) is 5.63. The van der Waals surface area contributed by atoms with Crippen LogP contribution in [0, 0.1) is 5.82 Å². The van der Waals surface area contributed by atoms with Crippen LogP contribution in [0.5, 0.6) is 0 Å². The third kappa shape index (κ3) is 3.45. The summed E-state index contributed by atoms with van der Waals surface area (Å²) in [6.07, 6.45) is 0.436. The molecule has 0 fully saturated rings. The molecule has 2 aromatic rings. The van der Waals surface area contributed by atoms with Gasteiger partial charge in [-0.05, 0) is 41.8 Å². The van der Waals surface area contributed by atoms with E-state index in [0.29, 0.717) is 12.0 Å². The molecule has 1 unspecified atom stereocenters. The summed E-state index contributed by atoms with van der Waals surface area (Å²) in [7, 11) is 0. The normalized spacial score (nSPS) is 12.2. The fourth-order valence-electron chi connectivity index (χ4n) is 2.01. The Morgan fingerprint density at radius 2 is 2.05 bits per heavy atom. The van der Waals surface area contributed by atoms with Crippen LogP contribution in [0.1, 0.15) is 29.5 Å². The molecule has 1 N–H and O–H groups in total. The Labute approximate surface area is 125 Å². The molecule has 0 aromatic heterocycles. The number of carboxylic acid groups (broad SMARTS) is 1. The van der Waals surface area contributed by atoms with Crippen LogP contribution in [0.2, 0.25) is 0 Å². The van der Waals surface area contributed by atoms with Gasteiger partial charge in [0.15, 0.2) is 0 Å². The average Bonchev–Trinajstić information content (AvgIpc) is 2.42. The zero-order valence-corrected chi connectivity index (χ0v) is 12.5. The summed E-state index contributed by atoms with van der Waals surface area (Å²) in [4.78, 5) is 11.0. The van der Waals surface area contributed by atoms with E-state index in [2.05, 4.69) is 15.9 Å². The molecule has 0 saturated carbocycles. The Morgan fingerprint density at radius 1 is 1.30 bits per heavy atom. The third-order valence-electron chi connectivity index (χ3n) is 3.22. The van der Waals surface area contributed by atoms with Gasteiger partial charge in [0.1, 0.15) is 5.82 Å². The number of halogens is 2. The van der Waals surface area contributed by atoms with Crippen LogP contribution < -0.4 is 0 Å². The van der Waals surface area contributed by atoms with Crippen molar-refractivity contribution in [3.05, 3.63) is 69.4 Å². The lowest BCUT2D eigenvalue weighted by molar-refractivity contribution is -0.138. The molecule has 0 heterocycles. The number of benzene rings is 2. The molecule has 0 saturated heterocycles. The van der Waals surface area contributed by atoms with Gasteiger partial charge in [0.05, 0.1) is 5.92 Å². The van der Waals surface area contributed by atoms with Crippen LogP contribution in [-0.2, 0) is 11.2 Å². The first-order chi connectivity index (χ1) is 9.47. The highest BCUT2D eigenvalue weighted by molar-refractivity contribution is 9.10. The first-order valence-corrected chi connectivity index (χ1v) is 7.02. The molecule has 0 radical (unpaired) electrons. The van der Waals surface area contributed by atoms with Crippen molar-refractivity contribution in [3.63, 3.8) is 0 Å². The van der Waals surface area contributed by atoms with E-state index in [-0.39, 0.29) is 5.82 Å². The maximum atomic E-state index is 13.7. The summed E-state index contributed by atoms with van der Waals surface area (Å²) in [5.74, 6) is -1.69. The number of carboxylic acids is 1. The van der Waals surface area contributed by atoms with Crippen molar-refractivity contribution >= 4 is 21.9 Å². The highest BCUT2D eigenvalue weighted by Gasteiger charge is 2.14. The van der Waals surface area contributed by atoms with Gasteiger partial charge in [0, 0.05) is 10.9 Å². The van der Waals surface area contributed by atoms with E-state index in [1.807, 2.05) is 12.1 Å². The van der Waals surface area contributed by atoms with Gasteiger partial charge < -0.3 is 5.11 Å². The molecule has 20 heavy (non-hydrogen) atoms. The molecule has 1 atom stereocenters. The first-order valence-electron chi connectivity index (χ1n) is 6.23. The van der Waals surface area contributed by atoms with Gasteiger partial charge >= 0.3 is 5.97 Å². The van der Waals surface area contributed by atoms with E-state index in [4.69, 9.17) is 5.11 Å². The minimum absolute atomic E-state index is 0.259. The van der Waals surface area contributed by atoms with Crippen LogP contribution in [0.4, 0.5) is 4.39 Å². The maximum Gasteiger partial charge on any atom is 0.310 e. The van der Waals surface area contributed by atoms with Crippen molar-refractivity contribution in [3.8, 4) is 0 Å². The maximum absolute atomic E-state index is 13.7. The fraction of sp³-hybridized carbons (Fsp3) is 0.188. The van der Waals surface area contributed by atoms with Crippen LogP contribution in [-0.4, -0.2) is 11.1 Å². The lowest BCUT2D eigenvalue weighted by Crippen LogP contribution is -2.07. The van der Waals surface area contributed by atoms with E-state index >= 15 is 0 Å². The van der Waals surface area contributed by atoms with Gasteiger partial charge in [-0.15, -0.1) is 0 Å². The first kappa shape index (κ1) is 14.7. The van der Waals surface area contributed by atoms with Crippen molar-refractivity contribution in [2.24, 2.45) is 0 Å². The molecule has 0 aliphatic heterocycles. The zero-order chi connectivity index (χ0) is 14.7. The smallest absolute Gasteiger partial charge is 0.310 e. The molecule has 0 aliphatic rings. The molecule has 0 spiro atoms. The van der Waals surface area contributed by atoms with Crippen molar-refractivity contribution in [1.82, 2.24) is 0 Å². The molecule has 104 valence electrons. The lowest BCUT2D eigenvalue weighted by Gasteiger charge is -2.09. The van der Waals surface area contributed by atoms with Gasteiger partial charge in [0.25, 0.3) is 0 Å². The second-order valence-electron chi connectivity index (χ2n) is 4.72. The van der Waals surface area contributed by atoms with Crippen molar-refractivity contribution in [1.29, 1.82) is 0 Å². The summed E-state index contributed by atoms with van der Waals surface area (Å²) in [6, 6.07) is 12.1. The van der Waals surface area contributed by atoms with Crippen molar-refractivity contribution in [2.45, 2.75) is 19.3 Å². The predicted molar refractivity (Wildman–Crippen MR) is 79.4 cm³/mol. The minimum Gasteiger partial charge on any atom is -0.481 e. The molecular formula is C16H14BrFO2. The summed E-state index contributed by atoms with van der Waals surface area (Å²) >= 11 is 3.32. The standard InChI is InChI=1S/C16H14BrFO2/c1-10(16(19)20)12-4-2-3-11(7-12)8-13-9-14(17)5-6-15(13)18/h2-7,9-10H,8H2,1H3,(H,19,20). The number of hydrogen-bond acceptors (Lipinski definition) is 1. The van der Waals surface area contributed by atoms with Gasteiger partial charge in [-0.1, -0.05) is 40.2 Å². The number of carbonyl (C=O) groups is 1. The Kier molecular flexibility index (Phi) is 4.55. The number of aliphatic carboxylic acids is 1. The molecule has 2 rings (SSSR count). The number of hydrogen-bond donors (Lipinski definition) is 1. The highest BCUT2D eigenvalue weighted by Crippen LogP contribution is 2.21. The Balaban J connectivity index is 2.28. The quantitative estimate of drug-likeness (QED) is 0.900. The molecule has 0 amide bonds. The van der Waals surface area contributed by atoms with E-state index in [1.54, 1.807) is 31.2 Å². The van der Waals surface area contributed by atoms with Crippen LogP contribution >= 0.6 is 15.9 Å². The molecular weight excluding hydrogens is 323 g/mol. The zero-order valence-electron chi connectivity index (χ0n) is 10.9. The predicted octanol–water partition coefficient (Wildman–Crippen LogP) is 4.37. The highest BCUT2D eigenvalue weighted by atomic mass is 79.9. The molecule has 2 nitrogen and oxygen atoms in total. The van der Waals surface area contributed by atoms with Crippen LogP contribution in [0.15, 0.2) is 46.9 Å². The van der Waals surface area contributed by atoms with Crippen molar-refractivity contribution < 1.29 is 14.3 Å². The van der Waals surface area contributed by atoms with Crippen LogP contribution in [0.3, 0.4) is 0 Å². The minimum atomic E-state index is -0.865. The summed E-state index contributed by atoms with van der Waals surface area (Å²) < 4.78 is 14.6. The fourth-order valence-corrected chi connectivity index (χ4v) is 2.42. The third-order valence-corrected chi connectivity index (χ3v) is 3.72. The van der Waals surface area contributed by atoms with Gasteiger partial charge in [-0.2, -0.15) is 0 Å². The topological polar surface area (TPSA) is 37.3 Å². The molecule has 0 bridgehead atoms. The van der Waals surface area contributed by atoms with E-state index < -0.39 is 11.9 Å². The monoisotopic (exact) mass is 336 g/mol. The van der Waals surface area contributed by atoms with Crippen LogP contribution in [0.25, 0.3) is 0 Å². The van der Waals surface area contributed by atoms with E-state index in [0.717, 1.165) is 15.6 Å². The Morgan fingerprint density at radius 3 is 2.75 bits per heavy atom. The second kappa shape index (κ2) is 6.18.